The first-order valence-electron chi connectivity index (χ1n) is 32.6. The Morgan fingerprint density at radius 2 is 0.792 bits per heavy atom. The van der Waals surface area contributed by atoms with Gasteiger partial charge in [-0.25, -0.2) is 0 Å². The van der Waals surface area contributed by atoms with E-state index in [1.807, 2.05) is 33.3 Å². The van der Waals surface area contributed by atoms with Gasteiger partial charge in [-0.2, -0.15) is 0 Å². The third-order valence-electron chi connectivity index (χ3n) is 14.5. The summed E-state index contributed by atoms with van der Waals surface area (Å²) in [5.41, 5.74) is 0. The molecule has 3 atom stereocenters. The minimum atomic E-state index is -4.69. The number of phosphoric acid groups is 1. The lowest BCUT2D eigenvalue weighted by Gasteiger charge is -2.30. The summed E-state index contributed by atoms with van der Waals surface area (Å²) in [5.74, 6) is -0.536. The zero-order chi connectivity index (χ0) is 56.4. The molecular weight excluding hydrogens is 976 g/mol. The molecule has 0 rings (SSSR count). The number of unbranched alkanes of at least 4 members (excludes halogenated alkanes) is 35. The van der Waals surface area contributed by atoms with Crippen molar-refractivity contribution in [3.8, 4) is 0 Å². The molecule has 0 radical (unpaired) electrons. The topological polar surface area (TPSA) is 114 Å². The molecule has 0 aromatic carbocycles. The number of hydrogen-bond acceptors (Lipinski definition) is 7. The Bertz CT molecular complexity index is 1500. The fourth-order valence-corrected chi connectivity index (χ4v) is 10.1. The van der Waals surface area contributed by atoms with E-state index < -0.39 is 20.0 Å². The van der Waals surface area contributed by atoms with Crippen molar-refractivity contribution in [2.45, 2.75) is 315 Å². The highest BCUT2D eigenvalue weighted by atomic mass is 31.2. The molecule has 0 fully saturated rings. The Morgan fingerprint density at radius 3 is 1.21 bits per heavy atom. The van der Waals surface area contributed by atoms with Crippen LogP contribution in [0.1, 0.15) is 303 Å². The number of ether oxygens (including phenoxy) is 1. The van der Waals surface area contributed by atoms with Crippen LogP contribution in [0.5, 0.6) is 0 Å². The van der Waals surface area contributed by atoms with Gasteiger partial charge in [0.15, 0.2) is 0 Å². The highest BCUT2D eigenvalue weighted by Crippen LogP contribution is 2.38. The third kappa shape index (κ3) is 58.2. The van der Waals surface area contributed by atoms with Gasteiger partial charge in [-0.1, -0.05) is 275 Å². The van der Waals surface area contributed by atoms with Crippen molar-refractivity contribution in [3.05, 3.63) is 60.8 Å². The number of likely N-dealkylation sites (N-methyl/N-ethyl adjacent to an activating group) is 1. The third-order valence-corrected chi connectivity index (χ3v) is 15.4. The second-order valence-electron chi connectivity index (χ2n) is 23.3. The smallest absolute Gasteiger partial charge is 0.306 e. The number of phosphoric ester groups is 1. The highest BCUT2D eigenvalue weighted by Gasteiger charge is 2.27. The summed E-state index contributed by atoms with van der Waals surface area (Å²) in [6.07, 6.45) is 71.9. The molecule has 0 saturated heterocycles. The van der Waals surface area contributed by atoms with E-state index in [0.29, 0.717) is 17.4 Å². The van der Waals surface area contributed by atoms with Gasteiger partial charge in [-0.15, -0.1) is 0 Å². The number of nitrogens with one attached hydrogen (secondary N) is 1. The summed E-state index contributed by atoms with van der Waals surface area (Å²) in [6, 6.07) is -0.887. The number of allylic oxidation sites excluding steroid dienone is 9. The van der Waals surface area contributed by atoms with Gasteiger partial charge in [0.25, 0.3) is 7.82 Å². The van der Waals surface area contributed by atoms with Gasteiger partial charge >= 0.3 is 5.97 Å². The van der Waals surface area contributed by atoms with Gasteiger partial charge in [0, 0.05) is 12.8 Å². The number of carbonyl (C=O) groups excluding carboxylic acids is 2. The molecular formula is C67H125N2O7P. The summed E-state index contributed by atoms with van der Waals surface area (Å²) in [7, 11) is 1.19. The molecule has 450 valence electrons. The molecule has 0 saturated carbocycles. The van der Waals surface area contributed by atoms with Crippen LogP contribution in [0, 0.1) is 0 Å². The molecule has 77 heavy (non-hydrogen) atoms. The maximum Gasteiger partial charge on any atom is 0.306 e. The number of esters is 1. The SMILES string of the molecule is CCCCC/C=C\C/C=C\C/C=C\C/C=C\CCCCCCCCCCCCCC(=O)OC(/C=C\CCCCCCCCCCC)C(COP(=O)([O-])OCC[N+](C)(C)C)NC(=O)CCCCCCCCCCCCCCC. The molecule has 0 aliphatic carbocycles. The van der Waals surface area contributed by atoms with Crippen LogP contribution in [0.15, 0.2) is 60.8 Å². The molecule has 9 nitrogen and oxygen atoms in total. The Hall–Kier alpha value is -2.29. The van der Waals surface area contributed by atoms with Gasteiger partial charge in [0.2, 0.25) is 5.91 Å². The standard InChI is InChI=1S/C67H125N2O7P/c1-7-10-13-16-19-22-25-27-28-29-30-31-32-33-34-35-36-37-38-39-40-42-45-48-51-54-57-60-67(71)76-65(58-55-52-49-46-43-24-21-18-15-12-9-3)64(63-75-77(72,73)74-62-61-69(4,5)6)68-66(70)59-56-53-50-47-44-41-26-23-20-17-14-11-8-2/h19,22,27-28,30-31,33-34,55,58,64-65H,7-18,20-21,23-26,29,32,35-54,56-57,59-63H2,1-6H3,(H-,68,70,72,73)/b22-19-,28-27-,31-30-,34-33-,58-55-. The zero-order valence-electron chi connectivity index (χ0n) is 51.4. The van der Waals surface area contributed by atoms with Crippen molar-refractivity contribution in [1.82, 2.24) is 5.32 Å². The normalized spacial score (nSPS) is 14.0. The fourth-order valence-electron chi connectivity index (χ4n) is 9.39. The number of nitrogens with zero attached hydrogens (tertiary/aromatic N) is 1. The van der Waals surface area contributed by atoms with Crippen molar-refractivity contribution >= 4 is 19.7 Å². The average Bonchev–Trinajstić information content (AvgIpc) is 3.39. The first-order chi connectivity index (χ1) is 37.4. The van der Waals surface area contributed by atoms with E-state index in [9.17, 15) is 19.0 Å². The number of rotatable bonds is 59. The predicted octanol–water partition coefficient (Wildman–Crippen LogP) is 19.6. The van der Waals surface area contributed by atoms with Crippen LogP contribution < -0.4 is 10.2 Å². The van der Waals surface area contributed by atoms with Crippen molar-refractivity contribution < 1.29 is 37.3 Å². The number of quaternary nitrogens is 1. The number of amides is 1. The molecule has 0 bridgehead atoms. The van der Waals surface area contributed by atoms with Crippen LogP contribution in [0.25, 0.3) is 0 Å². The van der Waals surface area contributed by atoms with E-state index >= 15 is 0 Å². The predicted molar refractivity (Wildman–Crippen MR) is 330 cm³/mol. The zero-order valence-corrected chi connectivity index (χ0v) is 52.3. The molecule has 0 aliphatic rings. The van der Waals surface area contributed by atoms with Crippen molar-refractivity contribution in [2.24, 2.45) is 0 Å². The van der Waals surface area contributed by atoms with Crippen LogP contribution in [-0.4, -0.2) is 69.4 Å². The maximum absolute atomic E-state index is 13.5. The van der Waals surface area contributed by atoms with Crippen molar-refractivity contribution in [2.75, 3.05) is 40.9 Å². The van der Waals surface area contributed by atoms with Crippen molar-refractivity contribution in [3.63, 3.8) is 0 Å². The molecule has 0 aliphatic heterocycles. The van der Waals surface area contributed by atoms with Crippen LogP contribution in [0.3, 0.4) is 0 Å². The highest BCUT2D eigenvalue weighted by molar-refractivity contribution is 7.45. The molecule has 0 heterocycles. The summed E-state index contributed by atoms with van der Waals surface area (Å²) < 4.78 is 30.3. The maximum atomic E-state index is 13.5. The summed E-state index contributed by atoms with van der Waals surface area (Å²) >= 11 is 0. The summed E-state index contributed by atoms with van der Waals surface area (Å²) in [5, 5.41) is 3.03. The largest absolute Gasteiger partial charge is 0.756 e. The minimum Gasteiger partial charge on any atom is -0.756 e. The van der Waals surface area contributed by atoms with E-state index in [-0.39, 0.29) is 31.5 Å². The van der Waals surface area contributed by atoms with E-state index in [4.69, 9.17) is 13.8 Å². The lowest BCUT2D eigenvalue weighted by atomic mass is 10.0. The quantitative estimate of drug-likeness (QED) is 0.0212. The van der Waals surface area contributed by atoms with Gasteiger partial charge < -0.3 is 28.5 Å². The molecule has 0 aromatic heterocycles. The minimum absolute atomic E-state index is 0.0221. The molecule has 1 N–H and O–H groups in total. The molecule has 3 unspecified atom stereocenters. The number of hydrogen-bond donors (Lipinski definition) is 1. The first-order valence-corrected chi connectivity index (χ1v) is 34.1. The van der Waals surface area contributed by atoms with E-state index in [2.05, 4.69) is 74.7 Å². The Balaban J connectivity index is 5.02. The molecule has 1 amide bonds. The van der Waals surface area contributed by atoms with Gasteiger partial charge in [-0.05, 0) is 76.7 Å². The molecule has 0 aromatic rings. The second kappa shape index (κ2) is 57.0. The van der Waals surface area contributed by atoms with Crippen LogP contribution in [0.4, 0.5) is 0 Å². The van der Waals surface area contributed by atoms with Crippen LogP contribution >= 0.6 is 7.82 Å². The molecule has 10 heteroatoms. The fraction of sp³-hybridized carbons (Fsp3) is 0.821. The van der Waals surface area contributed by atoms with E-state index in [0.717, 1.165) is 77.0 Å². The summed E-state index contributed by atoms with van der Waals surface area (Å²) in [4.78, 5) is 40.0. The van der Waals surface area contributed by atoms with Crippen LogP contribution in [-0.2, 0) is 27.9 Å². The van der Waals surface area contributed by atoms with Gasteiger partial charge in [0.1, 0.15) is 19.3 Å². The Kier molecular flexibility index (Phi) is 55.3. The Labute approximate surface area is 477 Å². The second-order valence-corrected chi connectivity index (χ2v) is 24.7. The van der Waals surface area contributed by atoms with E-state index in [1.54, 1.807) is 0 Å². The average molecular weight is 1100 g/mol. The van der Waals surface area contributed by atoms with Crippen LogP contribution in [0.2, 0.25) is 0 Å². The lowest BCUT2D eigenvalue weighted by Crippen LogP contribution is -2.47. The first kappa shape index (κ1) is 74.7. The van der Waals surface area contributed by atoms with Crippen molar-refractivity contribution in [1.29, 1.82) is 0 Å². The number of carbonyl (C=O) groups is 2. The van der Waals surface area contributed by atoms with E-state index in [1.165, 1.54) is 193 Å². The lowest BCUT2D eigenvalue weighted by molar-refractivity contribution is -0.870. The van der Waals surface area contributed by atoms with Gasteiger partial charge in [-0.3, -0.25) is 14.2 Å². The molecule has 0 spiro atoms. The summed E-state index contributed by atoms with van der Waals surface area (Å²) in [6.45, 7) is 6.83. The Morgan fingerprint density at radius 1 is 0.455 bits per heavy atom. The monoisotopic (exact) mass is 1100 g/mol. The van der Waals surface area contributed by atoms with Gasteiger partial charge in [0.05, 0.1) is 33.8 Å².